The van der Waals surface area contributed by atoms with E-state index in [1.54, 1.807) is 0 Å². The normalized spacial score (nSPS) is 17.8. The van der Waals surface area contributed by atoms with Gasteiger partial charge in [-0.05, 0) is 84.1 Å². The molecule has 19 N–H and O–H groups in total. The third-order valence-corrected chi connectivity index (χ3v) is 11.6. The van der Waals surface area contributed by atoms with E-state index in [4.69, 9.17) is 28.7 Å². The van der Waals surface area contributed by atoms with Crippen LogP contribution in [0.1, 0.15) is 84.5 Å². The van der Waals surface area contributed by atoms with Crippen LogP contribution < -0.4 is 65.9 Å². The molecule has 8 atom stereocenters. The number of guanidine groups is 2. The molecule has 0 aliphatic carbocycles. The van der Waals surface area contributed by atoms with Crippen LogP contribution in [0.15, 0.2) is 9.98 Å². The molecule has 2 rings (SSSR count). The van der Waals surface area contributed by atoms with Gasteiger partial charge in [-0.25, -0.2) is 4.79 Å². The Hall–Kier alpha value is -6.49. The minimum atomic E-state index is -1.58. The van der Waals surface area contributed by atoms with Crippen LogP contribution in [0.3, 0.4) is 0 Å². The number of aliphatic imine (C=N–C) groups is 2. The number of aliphatic carboxylic acids is 1. The highest BCUT2D eigenvalue weighted by Crippen LogP contribution is 2.21. The Morgan fingerprint density at radius 2 is 1.14 bits per heavy atom. The van der Waals surface area contributed by atoms with E-state index >= 15 is 0 Å². The molecule has 2 saturated heterocycles. The first-order valence-corrected chi connectivity index (χ1v) is 23.7. The quantitative estimate of drug-likeness (QED) is 0.0138. The lowest BCUT2D eigenvalue weighted by Crippen LogP contribution is -2.60. The fourth-order valence-corrected chi connectivity index (χ4v) is 7.95. The van der Waals surface area contributed by atoms with Crippen molar-refractivity contribution in [3.63, 3.8) is 0 Å². The molecule has 2 heterocycles. The molecule has 0 aromatic rings. The maximum absolute atomic E-state index is 14.0. The van der Waals surface area contributed by atoms with Crippen molar-refractivity contribution < 1.29 is 58.2 Å². The largest absolute Gasteiger partial charge is 0.480 e. The number of carboxylic acids is 1. The van der Waals surface area contributed by atoms with Crippen LogP contribution in [0.4, 0.5) is 0 Å². The van der Waals surface area contributed by atoms with Gasteiger partial charge < -0.3 is 85.9 Å². The van der Waals surface area contributed by atoms with E-state index in [9.17, 15) is 58.2 Å². The lowest BCUT2D eigenvalue weighted by atomic mass is 10.1. The van der Waals surface area contributed by atoms with Crippen LogP contribution in [0.2, 0.25) is 0 Å². The van der Waals surface area contributed by atoms with Gasteiger partial charge in [0.2, 0.25) is 53.2 Å². The van der Waals surface area contributed by atoms with Crippen molar-refractivity contribution in [1.82, 2.24) is 47.0 Å². The molecule has 394 valence electrons. The van der Waals surface area contributed by atoms with Gasteiger partial charge in [-0.3, -0.25) is 53.1 Å². The Labute approximate surface area is 411 Å². The molecule has 0 aromatic carbocycles. The van der Waals surface area contributed by atoms with Gasteiger partial charge in [-0.15, -0.1) is 0 Å². The number of carbonyl (C=O) groups excluding carboxylic acids is 9. The number of likely N-dealkylation sites (tertiary alicyclic amines) is 2. The third-order valence-electron chi connectivity index (χ3n) is 11.2. The highest BCUT2D eigenvalue weighted by atomic mass is 32.1. The van der Waals surface area contributed by atoms with E-state index in [0.29, 0.717) is 32.2 Å². The number of unbranched alkanes of at least 4 members (excludes halogenated alkanes) is 1. The Kier molecular flexibility index (Phi) is 26.3. The van der Waals surface area contributed by atoms with Gasteiger partial charge in [-0.1, -0.05) is 0 Å². The fourth-order valence-electron chi connectivity index (χ4n) is 7.69. The number of amides is 9. The lowest BCUT2D eigenvalue weighted by Gasteiger charge is -2.31. The minimum absolute atomic E-state index is 0.00436. The van der Waals surface area contributed by atoms with Crippen LogP contribution in [0.5, 0.6) is 0 Å². The third kappa shape index (κ3) is 20.2. The molecule has 0 radical (unpaired) electrons. The summed E-state index contributed by atoms with van der Waals surface area (Å²) in [5, 5.41) is 37.4. The number of rotatable bonds is 30. The molecule has 29 heteroatoms. The number of nitrogens with zero attached hydrogens (tertiary/aromatic N) is 4. The predicted molar refractivity (Wildman–Crippen MR) is 257 cm³/mol. The van der Waals surface area contributed by atoms with Gasteiger partial charge in [0, 0.05) is 38.9 Å². The van der Waals surface area contributed by atoms with E-state index in [2.05, 4.69) is 59.8 Å². The Morgan fingerprint density at radius 1 is 0.643 bits per heavy atom. The first kappa shape index (κ1) is 59.6. The molecule has 70 heavy (non-hydrogen) atoms. The average Bonchev–Trinajstić information content (AvgIpc) is 4.01. The number of nitrogens with one attached hydrogen (secondary N) is 7. The second-order valence-electron chi connectivity index (χ2n) is 16.8. The van der Waals surface area contributed by atoms with E-state index < -0.39 is 121 Å². The summed E-state index contributed by atoms with van der Waals surface area (Å²) in [6.07, 6.45) is 2.48. The fraction of sp³-hybridized carbons (Fsp3) is 0.707. The lowest BCUT2D eigenvalue weighted by molar-refractivity contribution is -0.145. The molecular formula is C41H72N16O12S. The highest BCUT2D eigenvalue weighted by Gasteiger charge is 2.41. The summed E-state index contributed by atoms with van der Waals surface area (Å²) in [5.74, 6) is -8.33. The van der Waals surface area contributed by atoms with Gasteiger partial charge in [0.25, 0.3) is 0 Å². The molecule has 0 saturated carbocycles. The van der Waals surface area contributed by atoms with Crippen LogP contribution in [0, 0.1) is 0 Å². The van der Waals surface area contributed by atoms with Crippen LogP contribution >= 0.6 is 12.6 Å². The van der Waals surface area contributed by atoms with Crippen molar-refractivity contribution in [1.29, 1.82) is 0 Å². The first-order valence-electron chi connectivity index (χ1n) is 23.1. The smallest absolute Gasteiger partial charge is 0.326 e. The van der Waals surface area contributed by atoms with Gasteiger partial charge >= 0.3 is 5.97 Å². The number of hydrogen-bond acceptors (Lipinski definition) is 15. The molecular weight excluding hydrogens is 941 g/mol. The van der Waals surface area contributed by atoms with Crippen molar-refractivity contribution in [3.05, 3.63) is 0 Å². The molecule has 0 aromatic heterocycles. The molecule has 0 spiro atoms. The van der Waals surface area contributed by atoms with Crippen LogP contribution in [-0.2, 0) is 47.9 Å². The van der Waals surface area contributed by atoms with Gasteiger partial charge in [-0.2, -0.15) is 12.6 Å². The average molecular weight is 1010 g/mol. The van der Waals surface area contributed by atoms with Crippen molar-refractivity contribution in [2.24, 2.45) is 38.7 Å². The summed E-state index contributed by atoms with van der Waals surface area (Å²) >= 11 is 4.04. The monoisotopic (exact) mass is 1010 g/mol. The Balaban J connectivity index is 2.21. The Bertz CT molecular complexity index is 1900. The summed E-state index contributed by atoms with van der Waals surface area (Å²) in [7, 11) is 0. The molecule has 2 aliphatic heterocycles. The molecule has 9 amide bonds. The Morgan fingerprint density at radius 3 is 1.63 bits per heavy atom. The molecule has 2 fully saturated rings. The summed E-state index contributed by atoms with van der Waals surface area (Å²) in [5.41, 5.74) is 27.2. The van der Waals surface area contributed by atoms with Crippen molar-refractivity contribution >= 4 is 83.7 Å². The maximum atomic E-state index is 14.0. The van der Waals surface area contributed by atoms with E-state index in [1.807, 2.05) is 0 Å². The van der Waals surface area contributed by atoms with Crippen LogP contribution in [0.25, 0.3) is 0 Å². The van der Waals surface area contributed by atoms with Crippen molar-refractivity contribution in [2.45, 2.75) is 133 Å². The minimum Gasteiger partial charge on any atom is -0.480 e. The van der Waals surface area contributed by atoms with Gasteiger partial charge in [0.15, 0.2) is 11.9 Å². The zero-order chi connectivity index (χ0) is 52.5. The predicted octanol–water partition coefficient (Wildman–Crippen LogP) is -6.72. The number of aliphatic hydroxyl groups is 1. The number of aliphatic hydroxyl groups excluding tert-OH is 1. The topological polar surface area (TPSA) is 457 Å². The van der Waals surface area contributed by atoms with Gasteiger partial charge in [0.1, 0.15) is 48.3 Å². The molecule has 28 nitrogen and oxygen atoms in total. The molecule has 0 unspecified atom stereocenters. The van der Waals surface area contributed by atoms with Crippen molar-refractivity contribution in [3.8, 4) is 0 Å². The van der Waals surface area contributed by atoms with Crippen LogP contribution in [-0.4, -0.2) is 191 Å². The number of nitrogens with two attached hydrogens (primary N) is 5. The standard InChI is InChI=1S/C41H72N16O12S/c1-22(50-33(62)24(10-5-15-47-40(43)44)52-31(60)19-49-32(61)28(21-70)51-23(2)59)37(66)56-17-7-12-29(56)35(64)53-25(11-6-16-48-41(45)46)34(63)55-27(20-58)38(67)57-18-8-13-30(57)36(65)54-26(39(68)69)9-3-4-14-42/h22,24-30,58,70H,3-21,42H2,1-2H3,(H,49,61)(H,50,62)(H,51,59)(H,52,60)(H,53,64)(H,54,65)(H,55,63)(H,68,69)(H4,43,44,47)(H4,45,46,48)/t22-,24-,25-,26-,27-,28-,29-,30-/m0/s1. The SMILES string of the molecule is CC(=O)N[C@@H](CS)C(=O)NCC(=O)N[C@@H](CCCN=C(N)N)C(=O)N[C@@H](C)C(=O)N1CCC[C@H]1C(=O)N[C@@H](CCCN=C(N)N)C(=O)N[C@@H](CO)C(=O)N1CCC[C@H]1C(=O)N[C@@H](CCCCN)C(=O)O. The first-order chi connectivity index (χ1) is 33.1. The summed E-state index contributed by atoms with van der Waals surface area (Å²) in [6.45, 7) is 1.75. The summed E-state index contributed by atoms with van der Waals surface area (Å²) < 4.78 is 0. The number of carbonyl (C=O) groups is 10. The zero-order valence-corrected chi connectivity index (χ0v) is 40.5. The van der Waals surface area contributed by atoms with Gasteiger partial charge in [0.05, 0.1) is 13.2 Å². The maximum Gasteiger partial charge on any atom is 0.326 e. The zero-order valence-electron chi connectivity index (χ0n) is 39.7. The van der Waals surface area contributed by atoms with E-state index in [-0.39, 0.29) is 88.8 Å². The molecule has 2 aliphatic rings. The summed E-state index contributed by atoms with van der Waals surface area (Å²) in [4.78, 5) is 141. The second kappa shape index (κ2) is 30.9. The summed E-state index contributed by atoms with van der Waals surface area (Å²) in [6, 6.07) is -9.89. The number of hydrogen-bond donors (Lipinski definition) is 15. The second-order valence-corrected chi connectivity index (χ2v) is 17.1. The number of carboxylic acid groups (broad SMARTS) is 1. The van der Waals surface area contributed by atoms with E-state index in [1.165, 1.54) is 18.7 Å². The van der Waals surface area contributed by atoms with Crippen molar-refractivity contribution in [2.75, 3.05) is 51.6 Å². The molecule has 0 bridgehead atoms. The number of thiol groups is 1. The highest BCUT2D eigenvalue weighted by molar-refractivity contribution is 7.80. The van der Waals surface area contributed by atoms with E-state index in [0.717, 1.165) is 4.90 Å².